The quantitative estimate of drug-likeness (QED) is 0.718. The third-order valence-corrected chi connectivity index (χ3v) is 5.06. The number of alkyl halides is 2. The molecule has 0 radical (unpaired) electrons. The average molecular weight is 364 g/mol. The molecule has 0 spiro atoms. The van der Waals surface area contributed by atoms with Gasteiger partial charge in [0, 0.05) is 26.3 Å². The van der Waals surface area contributed by atoms with Crippen molar-refractivity contribution in [2.45, 2.75) is 57.6 Å². The number of anilines is 2. The highest BCUT2D eigenvalue weighted by Crippen LogP contribution is 2.37. The molecule has 1 aliphatic carbocycles. The minimum absolute atomic E-state index is 0.0925. The lowest BCUT2D eigenvalue weighted by Crippen LogP contribution is -2.52. The molecule has 0 N–H and O–H groups in total. The highest BCUT2D eigenvalue weighted by atomic mass is 19.3. The van der Waals surface area contributed by atoms with Crippen molar-refractivity contribution in [2.75, 3.05) is 16.3 Å². The van der Waals surface area contributed by atoms with Gasteiger partial charge in [-0.15, -0.1) is 0 Å². The number of carbonyl (C=O) groups is 2. The standard InChI is InChI=1S/C18H23BF2N2O3/c1-11-10-22(17(25)26-14-5-7-18(20,21)8-6-14)16-9-13(19)3-4-15(16)23(11)12(2)24/h3-4,9,11,14H,5-8,10,19H2,1-2H3/t11-/m0/s1. The summed E-state index contributed by atoms with van der Waals surface area (Å²) in [5.41, 5.74) is 2.23. The Morgan fingerprint density at radius 3 is 2.50 bits per heavy atom. The summed E-state index contributed by atoms with van der Waals surface area (Å²) in [7, 11) is 1.91. The molecule has 5 nitrogen and oxygen atoms in total. The number of ether oxygens (including phenoxy) is 1. The van der Waals surface area contributed by atoms with Crippen molar-refractivity contribution in [3.05, 3.63) is 18.2 Å². The normalized spacial score (nSPS) is 22.7. The van der Waals surface area contributed by atoms with Crippen LogP contribution in [0.3, 0.4) is 0 Å². The Morgan fingerprint density at radius 2 is 1.88 bits per heavy atom. The van der Waals surface area contributed by atoms with Crippen LogP contribution in [0.2, 0.25) is 0 Å². The van der Waals surface area contributed by atoms with Crippen molar-refractivity contribution < 1.29 is 23.1 Å². The molecule has 0 bridgehead atoms. The molecule has 2 amide bonds. The number of carbonyl (C=O) groups excluding carboxylic acids is 2. The van der Waals surface area contributed by atoms with Crippen LogP contribution in [0.4, 0.5) is 25.0 Å². The summed E-state index contributed by atoms with van der Waals surface area (Å²) < 4.78 is 32.1. The van der Waals surface area contributed by atoms with Crippen molar-refractivity contribution >= 4 is 36.7 Å². The van der Waals surface area contributed by atoms with E-state index in [1.165, 1.54) is 11.8 Å². The van der Waals surface area contributed by atoms with Crippen molar-refractivity contribution in [2.24, 2.45) is 0 Å². The zero-order valence-corrected chi connectivity index (χ0v) is 15.3. The maximum Gasteiger partial charge on any atom is 0.414 e. The third kappa shape index (κ3) is 3.69. The molecule has 1 aliphatic heterocycles. The molecule has 1 aromatic carbocycles. The summed E-state index contributed by atoms with van der Waals surface area (Å²) in [6.45, 7) is 3.67. The van der Waals surface area contributed by atoms with Crippen LogP contribution in [0.5, 0.6) is 0 Å². The molecule has 8 heteroatoms. The summed E-state index contributed by atoms with van der Waals surface area (Å²) >= 11 is 0. The van der Waals surface area contributed by atoms with Crippen LogP contribution in [0.15, 0.2) is 18.2 Å². The van der Waals surface area contributed by atoms with Gasteiger partial charge in [0.05, 0.1) is 17.4 Å². The minimum atomic E-state index is -2.66. The predicted molar refractivity (Wildman–Crippen MR) is 98.3 cm³/mol. The van der Waals surface area contributed by atoms with Crippen LogP contribution >= 0.6 is 0 Å². The zero-order valence-electron chi connectivity index (χ0n) is 15.3. The van der Waals surface area contributed by atoms with Crippen molar-refractivity contribution in [3.63, 3.8) is 0 Å². The van der Waals surface area contributed by atoms with E-state index in [2.05, 4.69) is 0 Å². The Hall–Kier alpha value is -2.12. The van der Waals surface area contributed by atoms with E-state index >= 15 is 0 Å². The van der Waals surface area contributed by atoms with Gasteiger partial charge in [-0.1, -0.05) is 11.5 Å². The van der Waals surface area contributed by atoms with Crippen molar-refractivity contribution in [1.82, 2.24) is 0 Å². The molecule has 140 valence electrons. The van der Waals surface area contributed by atoms with Gasteiger partial charge >= 0.3 is 6.09 Å². The van der Waals surface area contributed by atoms with Crippen LogP contribution < -0.4 is 15.3 Å². The SMILES string of the molecule is Bc1ccc2c(c1)N(C(=O)OC1CCC(F)(F)CC1)C[C@H](C)N2C(C)=O. The lowest BCUT2D eigenvalue weighted by Gasteiger charge is -2.41. The highest BCUT2D eigenvalue weighted by Gasteiger charge is 2.39. The number of nitrogens with zero attached hydrogens (tertiary/aromatic N) is 2. The number of hydrogen-bond acceptors (Lipinski definition) is 3. The fourth-order valence-corrected chi connectivity index (χ4v) is 3.73. The number of halogens is 2. The van der Waals surface area contributed by atoms with E-state index in [1.54, 1.807) is 4.90 Å². The number of rotatable bonds is 1. The van der Waals surface area contributed by atoms with Gasteiger partial charge in [-0.25, -0.2) is 13.6 Å². The van der Waals surface area contributed by atoms with E-state index in [0.29, 0.717) is 17.9 Å². The molecule has 0 saturated heterocycles. The first-order valence-corrected chi connectivity index (χ1v) is 8.94. The first-order valence-electron chi connectivity index (χ1n) is 8.94. The smallest absolute Gasteiger partial charge is 0.414 e. The average Bonchev–Trinajstić information content (AvgIpc) is 2.55. The van der Waals surface area contributed by atoms with E-state index < -0.39 is 18.1 Å². The maximum atomic E-state index is 13.3. The molecule has 3 rings (SSSR count). The lowest BCUT2D eigenvalue weighted by atomic mass is 9.93. The van der Waals surface area contributed by atoms with Gasteiger partial charge < -0.3 is 9.64 Å². The Bertz CT molecular complexity index is 718. The second-order valence-corrected chi connectivity index (χ2v) is 7.28. The molecule has 1 atom stereocenters. The van der Waals surface area contributed by atoms with Gasteiger partial charge in [0.25, 0.3) is 0 Å². The number of fused-ring (bicyclic) bond motifs is 1. The largest absolute Gasteiger partial charge is 0.446 e. The van der Waals surface area contributed by atoms with Crippen LogP contribution in [0.25, 0.3) is 0 Å². The summed E-state index contributed by atoms with van der Waals surface area (Å²) in [5.74, 6) is -2.75. The van der Waals surface area contributed by atoms with Crippen LogP contribution in [-0.2, 0) is 9.53 Å². The summed E-state index contributed by atoms with van der Waals surface area (Å²) in [5, 5.41) is 0. The third-order valence-electron chi connectivity index (χ3n) is 5.06. The van der Waals surface area contributed by atoms with E-state index in [0.717, 1.165) is 5.46 Å². The van der Waals surface area contributed by atoms with Crippen LogP contribution in [0, 0.1) is 0 Å². The molecular weight excluding hydrogens is 341 g/mol. The number of benzene rings is 1. The maximum absolute atomic E-state index is 13.3. The second kappa shape index (κ2) is 6.89. The van der Waals surface area contributed by atoms with Crippen molar-refractivity contribution in [3.8, 4) is 0 Å². The van der Waals surface area contributed by atoms with Crippen LogP contribution in [-0.4, -0.2) is 44.5 Å². The van der Waals surface area contributed by atoms with Gasteiger partial charge in [0.15, 0.2) is 0 Å². The Morgan fingerprint density at radius 1 is 1.23 bits per heavy atom. The monoisotopic (exact) mass is 364 g/mol. The number of amides is 2. The van der Waals surface area contributed by atoms with E-state index in [9.17, 15) is 18.4 Å². The molecule has 0 aromatic heterocycles. The second-order valence-electron chi connectivity index (χ2n) is 7.28. The minimum Gasteiger partial charge on any atom is -0.446 e. The van der Waals surface area contributed by atoms with Crippen molar-refractivity contribution in [1.29, 1.82) is 0 Å². The molecule has 1 heterocycles. The first kappa shape index (κ1) is 18.7. The van der Waals surface area contributed by atoms with E-state index in [4.69, 9.17) is 4.74 Å². The summed E-state index contributed by atoms with van der Waals surface area (Å²) in [6.07, 6.45) is -1.20. The Balaban J connectivity index is 1.81. The molecule has 2 aliphatic rings. The zero-order chi connectivity index (χ0) is 19.1. The predicted octanol–water partition coefficient (Wildman–Crippen LogP) is 2.22. The molecule has 1 fully saturated rings. The summed E-state index contributed by atoms with van der Waals surface area (Å²) in [4.78, 5) is 27.9. The van der Waals surface area contributed by atoms with Gasteiger partial charge in [0.2, 0.25) is 11.8 Å². The van der Waals surface area contributed by atoms with Gasteiger partial charge in [-0.2, -0.15) is 0 Å². The topological polar surface area (TPSA) is 49.9 Å². The lowest BCUT2D eigenvalue weighted by molar-refractivity contribution is -0.117. The molecule has 0 unspecified atom stereocenters. The van der Waals surface area contributed by atoms with E-state index in [-0.39, 0.29) is 37.6 Å². The van der Waals surface area contributed by atoms with Crippen LogP contribution in [0.1, 0.15) is 39.5 Å². The molecule has 1 aromatic rings. The molecule has 1 saturated carbocycles. The van der Waals surface area contributed by atoms with Gasteiger partial charge in [-0.3, -0.25) is 9.69 Å². The van der Waals surface area contributed by atoms with E-state index in [1.807, 2.05) is 33.0 Å². The fourth-order valence-electron chi connectivity index (χ4n) is 3.73. The fraction of sp³-hybridized carbons (Fsp3) is 0.556. The molecular formula is C18H23BF2N2O3. The highest BCUT2D eigenvalue weighted by molar-refractivity contribution is 6.33. The Kier molecular flexibility index (Phi) is 4.95. The first-order chi connectivity index (χ1) is 12.2. The van der Waals surface area contributed by atoms with Gasteiger partial charge in [-0.05, 0) is 31.9 Å². The Labute approximate surface area is 152 Å². The summed E-state index contributed by atoms with van der Waals surface area (Å²) in [6, 6.07) is 5.35. The molecule has 26 heavy (non-hydrogen) atoms. The number of hydrogen-bond donors (Lipinski definition) is 0. The van der Waals surface area contributed by atoms with Gasteiger partial charge in [0.1, 0.15) is 14.0 Å².